The van der Waals surface area contributed by atoms with Crippen LogP contribution < -0.4 is 0 Å². The lowest BCUT2D eigenvalue weighted by Gasteiger charge is -1.96. The summed E-state index contributed by atoms with van der Waals surface area (Å²) in [5.41, 5.74) is 0.216. The smallest absolute Gasteiger partial charge is 0.254 e. The summed E-state index contributed by atoms with van der Waals surface area (Å²) >= 11 is 10.7. The number of nitrogens with zero attached hydrogens (tertiary/aromatic N) is 2. The number of hydrogen-bond donors (Lipinski definition) is 0. The average Bonchev–Trinajstić information content (AvgIpc) is 2.05. The number of carbonyl (C=O) groups is 1. The lowest BCUT2D eigenvalue weighted by Crippen LogP contribution is -1.93. The molecule has 5 heteroatoms. The summed E-state index contributed by atoms with van der Waals surface area (Å²) in [6.07, 6.45) is 1.22. The summed E-state index contributed by atoms with van der Waals surface area (Å²) in [5.74, 6) is 0. The van der Waals surface area contributed by atoms with Gasteiger partial charge in [0, 0.05) is 6.20 Å². The molecule has 0 aliphatic carbocycles. The van der Waals surface area contributed by atoms with Gasteiger partial charge in [0.05, 0.1) is 10.6 Å². The van der Waals surface area contributed by atoms with Crippen LogP contribution in [0.4, 0.5) is 0 Å². The van der Waals surface area contributed by atoms with E-state index >= 15 is 0 Å². The van der Waals surface area contributed by atoms with Crippen molar-refractivity contribution in [1.29, 1.82) is 5.26 Å². The van der Waals surface area contributed by atoms with E-state index in [0.29, 0.717) is 0 Å². The van der Waals surface area contributed by atoms with E-state index in [2.05, 4.69) is 4.98 Å². The molecule has 0 saturated heterocycles. The molecule has 0 saturated carbocycles. The van der Waals surface area contributed by atoms with Gasteiger partial charge in [-0.05, 0) is 17.7 Å². The minimum absolute atomic E-state index is 0.102. The van der Waals surface area contributed by atoms with Gasteiger partial charge in [-0.3, -0.25) is 4.79 Å². The van der Waals surface area contributed by atoms with Crippen molar-refractivity contribution in [2.75, 3.05) is 0 Å². The number of hydrogen-bond acceptors (Lipinski definition) is 3. The van der Waals surface area contributed by atoms with Crippen LogP contribution in [0.3, 0.4) is 0 Å². The van der Waals surface area contributed by atoms with Gasteiger partial charge in [0.25, 0.3) is 5.24 Å². The number of aromatic nitrogens is 1. The first-order chi connectivity index (χ1) is 5.65. The fourth-order valence-corrected chi connectivity index (χ4v) is 1.04. The van der Waals surface area contributed by atoms with Crippen LogP contribution in [0, 0.1) is 11.3 Å². The number of nitriles is 1. The van der Waals surface area contributed by atoms with E-state index in [0.717, 1.165) is 0 Å². The quantitative estimate of drug-likeness (QED) is 0.652. The number of carbonyl (C=O) groups excluding carboxylic acids is 1. The molecule has 12 heavy (non-hydrogen) atoms. The van der Waals surface area contributed by atoms with Gasteiger partial charge in [0.2, 0.25) is 0 Å². The minimum Gasteiger partial charge on any atom is -0.276 e. The van der Waals surface area contributed by atoms with Crippen LogP contribution in [0.2, 0.25) is 5.02 Å². The first-order valence-electron chi connectivity index (χ1n) is 2.90. The third-order valence-corrected chi connectivity index (χ3v) is 1.69. The lowest BCUT2D eigenvalue weighted by molar-refractivity contribution is 0.108. The predicted molar refractivity (Wildman–Crippen MR) is 44.1 cm³/mol. The van der Waals surface area contributed by atoms with E-state index < -0.39 is 5.24 Å². The van der Waals surface area contributed by atoms with Crippen LogP contribution in [0.1, 0.15) is 16.1 Å². The van der Waals surface area contributed by atoms with Crippen LogP contribution in [0.15, 0.2) is 12.3 Å². The van der Waals surface area contributed by atoms with Crippen molar-refractivity contribution >= 4 is 28.4 Å². The van der Waals surface area contributed by atoms with Crippen molar-refractivity contribution in [2.45, 2.75) is 0 Å². The van der Waals surface area contributed by atoms with E-state index in [-0.39, 0.29) is 16.3 Å². The Hall–Kier alpha value is -1.11. The van der Waals surface area contributed by atoms with Crippen LogP contribution in [-0.4, -0.2) is 10.2 Å². The second-order valence-corrected chi connectivity index (χ2v) is 2.69. The summed E-state index contributed by atoms with van der Waals surface area (Å²) in [5, 5.41) is 7.88. The van der Waals surface area contributed by atoms with Gasteiger partial charge in [-0.2, -0.15) is 5.26 Å². The number of rotatable bonds is 1. The van der Waals surface area contributed by atoms with Gasteiger partial charge in [-0.1, -0.05) is 11.6 Å². The topological polar surface area (TPSA) is 53.8 Å². The first kappa shape index (κ1) is 8.98. The monoisotopic (exact) mass is 200 g/mol. The third kappa shape index (κ3) is 1.73. The Morgan fingerprint density at radius 3 is 2.83 bits per heavy atom. The predicted octanol–water partition coefficient (Wildman–Crippen LogP) is 1.99. The zero-order chi connectivity index (χ0) is 9.14. The van der Waals surface area contributed by atoms with E-state index in [4.69, 9.17) is 28.5 Å². The SMILES string of the molecule is N#Cc1cc(C(=O)Cl)c(Cl)cn1. The van der Waals surface area contributed by atoms with E-state index in [1.807, 2.05) is 0 Å². The molecule has 0 N–H and O–H groups in total. The Bertz CT molecular complexity index is 370. The third-order valence-electron chi connectivity index (χ3n) is 1.18. The molecule has 0 bridgehead atoms. The van der Waals surface area contributed by atoms with Crippen molar-refractivity contribution in [3.63, 3.8) is 0 Å². The summed E-state index contributed by atoms with van der Waals surface area (Å²) in [6, 6.07) is 3.02. The molecular weight excluding hydrogens is 199 g/mol. The van der Waals surface area contributed by atoms with Crippen molar-refractivity contribution in [3.05, 3.63) is 28.5 Å². The van der Waals surface area contributed by atoms with Gasteiger partial charge < -0.3 is 0 Å². The highest BCUT2D eigenvalue weighted by atomic mass is 35.5. The second-order valence-electron chi connectivity index (χ2n) is 1.93. The molecule has 60 valence electrons. The molecule has 1 aromatic rings. The molecule has 0 radical (unpaired) electrons. The highest BCUT2D eigenvalue weighted by molar-refractivity contribution is 6.68. The Kier molecular flexibility index (Phi) is 2.64. The van der Waals surface area contributed by atoms with E-state index in [1.54, 1.807) is 6.07 Å². The van der Waals surface area contributed by atoms with Crippen LogP contribution in [0.25, 0.3) is 0 Å². The van der Waals surface area contributed by atoms with Crippen LogP contribution in [-0.2, 0) is 0 Å². The van der Waals surface area contributed by atoms with E-state index in [9.17, 15) is 4.79 Å². The summed E-state index contributed by atoms with van der Waals surface area (Å²) in [7, 11) is 0. The molecule has 0 atom stereocenters. The van der Waals surface area contributed by atoms with Crippen LogP contribution in [0.5, 0.6) is 0 Å². The minimum atomic E-state index is -0.695. The standard InChI is InChI=1S/C7H2Cl2N2O/c8-6-3-11-4(2-10)1-5(6)7(9)12/h1,3H. The molecule has 0 aliphatic rings. The average molecular weight is 201 g/mol. The normalized spacial score (nSPS) is 9.08. The van der Waals surface area contributed by atoms with Gasteiger partial charge in [-0.15, -0.1) is 0 Å². The molecule has 0 fully saturated rings. The van der Waals surface area contributed by atoms with Crippen molar-refractivity contribution < 1.29 is 4.79 Å². The zero-order valence-corrected chi connectivity index (χ0v) is 7.23. The van der Waals surface area contributed by atoms with Gasteiger partial charge >= 0.3 is 0 Å². The highest BCUT2D eigenvalue weighted by Crippen LogP contribution is 2.16. The Balaban J connectivity index is 3.28. The molecule has 1 rings (SSSR count). The first-order valence-corrected chi connectivity index (χ1v) is 3.66. The summed E-state index contributed by atoms with van der Waals surface area (Å²) in [4.78, 5) is 14.3. The molecule has 0 unspecified atom stereocenters. The summed E-state index contributed by atoms with van der Waals surface area (Å²) < 4.78 is 0. The van der Waals surface area contributed by atoms with E-state index in [1.165, 1.54) is 12.3 Å². The molecule has 0 aliphatic heterocycles. The van der Waals surface area contributed by atoms with Crippen molar-refractivity contribution in [2.24, 2.45) is 0 Å². The van der Waals surface area contributed by atoms with Gasteiger partial charge in [0.15, 0.2) is 0 Å². The zero-order valence-electron chi connectivity index (χ0n) is 5.71. The maximum absolute atomic E-state index is 10.7. The maximum atomic E-state index is 10.7. The molecule has 1 heterocycles. The number of halogens is 2. The summed E-state index contributed by atoms with van der Waals surface area (Å²) in [6.45, 7) is 0. The Labute approximate surface area is 78.5 Å². The van der Waals surface area contributed by atoms with Gasteiger partial charge in [0.1, 0.15) is 11.8 Å². The van der Waals surface area contributed by atoms with Gasteiger partial charge in [-0.25, -0.2) is 4.98 Å². The molecular formula is C7H2Cl2N2O. The molecule has 0 aromatic carbocycles. The lowest BCUT2D eigenvalue weighted by atomic mass is 10.2. The molecule has 1 aromatic heterocycles. The maximum Gasteiger partial charge on any atom is 0.254 e. The highest BCUT2D eigenvalue weighted by Gasteiger charge is 2.08. The Morgan fingerprint density at radius 1 is 1.67 bits per heavy atom. The second kappa shape index (κ2) is 3.53. The molecule has 0 spiro atoms. The fraction of sp³-hybridized carbons (Fsp3) is 0. The van der Waals surface area contributed by atoms with Crippen LogP contribution >= 0.6 is 23.2 Å². The molecule has 3 nitrogen and oxygen atoms in total. The fourth-order valence-electron chi connectivity index (χ4n) is 0.650. The Morgan fingerprint density at radius 2 is 2.33 bits per heavy atom. The van der Waals surface area contributed by atoms with Crippen molar-refractivity contribution in [1.82, 2.24) is 4.98 Å². The number of pyridine rings is 1. The van der Waals surface area contributed by atoms with Crippen molar-refractivity contribution in [3.8, 4) is 6.07 Å². The largest absolute Gasteiger partial charge is 0.276 e. The molecule has 0 amide bonds.